The highest BCUT2D eigenvalue weighted by Gasteiger charge is 2.29. The maximum atomic E-state index is 13.5. The highest BCUT2D eigenvalue weighted by molar-refractivity contribution is 9.10. The summed E-state index contributed by atoms with van der Waals surface area (Å²) < 4.78 is 15.4. The third-order valence-electron chi connectivity index (χ3n) is 5.43. The van der Waals surface area contributed by atoms with Crippen LogP contribution in [0, 0.1) is 0 Å². The second kappa shape index (κ2) is 8.63. The number of hydrogen-bond acceptors (Lipinski definition) is 4. The number of carbonyl (C=O) groups is 1. The van der Waals surface area contributed by atoms with E-state index in [4.69, 9.17) is 9.47 Å². The first-order valence-electron chi connectivity index (χ1n) is 10.3. The zero-order chi connectivity index (χ0) is 22.9. The largest absolute Gasteiger partial charge is 0.497 e. The summed E-state index contributed by atoms with van der Waals surface area (Å²) in [5, 5.41) is 2.87. The molecule has 1 N–H and O–H groups in total. The molecule has 8 heteroatoms. The molecule has 1 aromatic heterocycles. The van der Waals surface area contributed by atoms with Crippen LogP contribution in [0.1, 0.15) is 11.1 Å². The topological polar surface area (TPSA) is 74.5 Å². The summed E-state index contributed by atoms with van der Waals surface area (Å²) in [4.78, 5) is 26.5. The molecule has 2 heterocycles. The first-order chi connectivity index (χ1) is 16.0. The number of halogens is 1. The van der Waals surface area contributed by atoms with Gasteiger partial charge in [-0.15, -0.1) is 0 Å². The second-order valence-electron chi connectivity index (χ2n) is 7.60. The second-order valence-corrected chi connectivity index (χ2v) is 8.52. The lowest BCUT2D eigenvalue weighted by Crippen LogP contribution is -2.27. The fourth-order valence-corrected chi connectivity index (χ4v) is 4.34. The monoisotopic (exact) mass is 505 g/mol. The molecule has 0 saturated heterocycles. The lowest BCUT2D eigenvalue weighted by molar-refractivity contribution is -0.117. The van der Waals surface area contributed by atoms with E-state index in [-0.39, 0.29) is 18.0 Å². The number of hydrogen-bond donors (Lipinski definition) is 1. The van der Waals surface area contributed by atoms with Crippen LogP contribution in [0.2, 0.25) is 0 Å². The Balaban J connectivity index is 1.55. The molecule has 0 fully saturated rings. The van der Waals surface area contributed by atoms with Gasteiger partial charge in [-0.25, -0.2) is 9.36 Å². The normalized spacial score (nSPS) is 11.8. The number of rotatable bonds is 5. The fraction of sp³-hybridized carbons (Fsp3) is 0.120. The maximum absolute atomic E-state index is 13.5. The van der Waals surface area contributed by atoms with Gasteiger partial charge in [0, 0.05) is 28.2 Å². The van der Waals surface area contributed by atoms with Crippen LogP contribution in [0.4, 0.5) is 5.69 Å². The van der Waals surface area contributed by atoms with Gasteiger partial charge in [0.15, 0.2) is 0 Å². The van der Waals surface area contributed by atoms with E-state index in [9.17, 15) is 9.59 Å². The number of para-hydroxylation sites is 1. The number of benzene rings is 3. The SMILES string of the molecule is COc1cccc(NC(=O)Cn2c3c(c(=O)n2-c2ccccc2)Cc2cc(Br)ccc2O3)c1. The summed E-state index contributed by atoms with van der Waals surface area (Å²) in [5.41, 5.74) is 2.46. The van der Waals surface area contributed by atoms with E-state index in [1.54, 1.807) is 36.1 Å². The van der Waals surface area contributed by atoms with Crippen molar-refractivity contribution in [2.24, 2.45) is 0 Å². The Labute approximate surface area is 198 Å². The van der Waals surface area contributed by atoms with Gasteiger partial charge in [-0.3, -0.25) is 9.59 Å². The van der Waals surface area contributed by atoms with Gasteiger partial charge in [-0.2, -0.15) is 0 Å². The molecule has 1 aliphatic rings. The summed E-state index contributed by atoms with van der Waals surface area (Å²) in [7, 11) is 1.57. The van der Waals surface area contributed by atoms with Gasteiger partial charge in [0.1, 0.15) is 18.0 Å². The number of ether oxygens (including phenoxy) is 2. The summed E-state index contributed by atoms with van der Waals surface area (Å²) in [5.74, 6) is 1.38. The van der Waals surface area contributed by atoms with E-state index < -0.39 is 0 Å². The maximum Gasteiger partial charge on any atom is 0.278 e. The molecule has 1 amide bonds. The Hall–Kier alpha value is -3.78. The van der Waals surface area contributed by atoms with E-state index in [0.29, 0.717) is 40.7 Å². The van der Waals surface area contributed by atoms with Crippen molar-refractivity contribution in [3.8, 4) is 23.1 Å². The van der Waals surface area contributed by atoms with E-state index in [1.165, 1.54) is 4.68 Å². The van der Waals surface area contributed by atoms with Crippen molar-refractivity contribution in [3.63, 3.8) is 0 Å². The molecule has 5 rings (SSSR count). The molecular formula is C25H20BrN3O4. The van der Waals surface area contributed by atoms with Crippen molar-refractivity contribution in [1.82, 2.24) is 9.36 Å². The van der Waals surface area contributed by atoms with Crippen LogP contribution in [-0.2, 0) is 17.8 Å². The molecule has 4 aromatic rings. The Bertz CT molecular complexity index is 1410. The Morgan fingerprint density at radius 2 is 1.91 bits per heavy atom. The molecule has 33 heavy (non-hydrogen) atoms. The molecule has 0 unspecified atom stereocenters. The lowest BCUT2D eigenvalue weighted by atomic mass is 10.0. The predicted molar refractivity (Wildman–Crippen MR) is 129 cm³/mol. The molecular weight excluding hydrogens is 486 g/mol. The molecule has 0 aliphatic carbocycles. The summed E-state index contributed by atoms with van der Waals surface area (Å²) >= 11 is 3.47. The molecule has 7 nitrogen and oxygen atoms in total. The van der Waals surface area contributed by atoms with Crippen LogP contribution in [0.5, 0.6) is 17.4 Å². The minimum Gasteiger partial charge on any atom is -0.497 e. The number of nitrogens with zero attached hydrogens (tertiary/aromatic N) is 2. The number of nitrogens with one attached hydrogen (secondary N) is 1. The highest BCUT2D eigenvalue weighted by atomic mass is 79.9. The van der Waals surface area contributed by atoms with Crippen molar-refractivity contribution in [1.29, 1.82) is 0 Å². The van der Waals surface area contributed by atoms with Crippen molar-refractivity contribution in [3.05, 3.63) is 98.7 Å². The third-order valence-corrected chi connectivity index (χ3v) is 5.92. The minimum atomic E-state index is -0.295. The number of methoxy groups -OCH3 is 1. The van der Waals surface area contributed by atoms with Gasteiger partial charge in [0.05, 0.1) is 18.4 Å². The number of carbonyl (C=O) groups excluding carboxylic acids is 1. The van der Waals surface area contributed by atoms with Crippen LogP contribution in [0.25, 0.3) is 5.69 Å². The van der Waals surface area contributed by atoms with Gasteiger partial charge in [0.2, 0.25) is 11.8 Å². The lowest BCUT2D eigenvalue weighted by Gasteiger charge is -2.20. The fourth-order valence-electron chi connectivity index (χ4n) is 3.93. The molecule has 0 atom stereocenters. The first-order valence-corrected chi connectivity index (χ1v) is 11.1. The van der Waals surface area contributed by atoms with Crippen LogP contribution in [0.3, 0.4) is 0 Å². The minimum absolute atomic E-state index is 0.109. The van der Waals surface area contributed by atoms with Crippen molar-refractivity contribution in [2.45, 2.75) is 13.0 Å². The Kier molecular flexibility index (Phi) is 5.51. The van der Waals surface area contributed by atoms with Gasteiger partial charge in [0.25, 0.3) is 5.56 Å². The van der Waals surface area contributed by atoms with E-state index in [0.717, 1.165) is 10.0 Å². The van der Waals surface area contributed by atoms with Crippen molar-refractivity contribution >= 4 is 27.5 Å². The zero-order valence-electron chi connectivity index (χ0n) is 17.7. The van der Waals surface area contributed by atoms with Crippen LogP contribution < -0.4 is 20.3 Å². The summed E-state index contributed by atoms with van der Waals surface area (Å²) in [6.07, 6.45) is 0.417. The number of amides is 1. The quantitative estimate of drug-likeness (QED) is 0.374. The van der Waals surface area contributed by atoms with E-state index >= 15 is 0 Å². The zero-order valence-corrected chi connectivity index (χ0v) is 19.3. The molecule has 1 aliphatic heterocycles. The molecule has 0 saturated carbocycles. The smallest absolute Gasteiger partial charge is 0.278 e. The van der Waals surface area contributed by atoms with Crippen molar-refractivity contribution in [2.75, 3.05) is 12.4 Å². The molecule has 0 radical (unpaired) electrons. The van der Waals surface area contributed by atoms with Gasteiger partial charge >= 0.3 is 0 Å². The van der Waals surface area contributed by atoms with Crippen molar-refractivity contribution < 1.29 is 14.3 Å². The summed E-state index contributed by atoms with van der Waals surface area (Å²) in [6, 6.07) is 22.0. The van der Waals surface area contributed by atoms with Gasteiger partial charge < -0.3 is 14.8 Å². The molecule has 0 bridgehead atoms. The first kappa shape index (κ1) is 21.1. The number of aromatic nitrogens is 2. The molecule has 3 aromatic carbocycles. The highest BCUT2D eigenvalue weighted by Crippen LogP contribution is 2.37. The predicted octanol–water partition coefficient (Wildman–Crippen LogP) is 4.75. The van der Waals surface area contributed by atoms with E-state index in [2.05, 4.69) is 21.2 Å². The van der Waals surface area contributed by atoms with Crippen LogP contribution in [0.15, 0.2) is 82.1 Å². The van der Waals surface area contributed by atoms with Gasteiger partial charge in [-0.05, 0) is 42.5 Å². The van der Waals surface area contributed by atoms with E-state index in [1.807, 2.05) is 48.5 Å². The molecule has 166 valence electrons. The Morgan fingerprint density at radius 3 is 2.70 bits per heavy atom. The summed E-state index contributed by atoms with van der Waals surface area (Å²) in [6.45, 7) is -0.109. The standard InChI is InChI=1S/C25H20BrN3O4/c1-32-20-9-5-6-18(14-20)27-23(30)15-28-25-21(13-16-12-17(26)10-11-22(16)33-25)24(31)29(28)19-7-3-2-4-8-19/h2-12,14H,13,15H2,1H3,(H,27,30). The average molecular weight is 506 g/mol. The van der Waals surface area contributed by atoms with Gasteiger partial charge in [-0.1, -0.05) is 40.2 Å². The Morgan fingerprint density at radius 1 is 1.09 bits per heavy atom. The number of fused-ring (bicyclic) bond motifs is 2. The van der Waals surface area contributed by atoms with Crippen LogP contribution >= 0.6 is 15.9 Å². The third kappa shape index (κ3) is 4.05. The van der Waals surface area contributed by atoms with Crippen LogP contribution in [-0.4, -0.2) is 22.4 Å². The number of anilines is 1. The average Bonchev–Trinajstić information content (AvgIpc) is 3.08. The molecule has 0 spiro atoms.